The van der Waals surface area contributed by atoms with Crippen molar-refractivity contribution in [2.24, 2.45) is 0 Å². The summed E-state index contributed by atoms with van der Waals surface area (Å²) in [5.74, 6) is -1.49. The molecule has 8 rings (SSSR count). The van der Waals surface area contributed by atoms with E-state index < -0.39 is 81.5 Å². The van der Waals surface area contributed by atoms with Crippen LogP contribution in [-0.4, -0.2) is 101 Å². The molecular formula is C62H80O12Si. The van der Waals surface area contributed by atoms with Crippen LogP contribution in [0.4, 0.5) is 0 Å². The molecule has 3 fully saturated rings. The number of rotatable bonds is 26. The van der Waals surface area contributed by atoms with Crippen molar-refractivity contribution in [3.8, 4) is 0 Å². The Morgan fingerprint density at radius 2 is 0.973 bits per heavy atom. The van der Waals surface area contributed by atoms with Crippen molar-refractivity contribution in [3.63, 3.8) is 0 Å². The lowest BCUT2D eigenvalue weighted by atomic mass is 9.97. The van der Waals surface area contributed by atoms with Gasteiger partial charge in [0.15, 0.2) is 24.5 Å². The molecule has 0 aliphatic carbocycles. The van der Waals surface area contributed by atoms with E-state index >= 15 is 0 Å². The minimum atomic E-state index is -3.11. The van der Waals surface area contributed by atoms with E-state index in [2.05, 4.69) is 88.4 Å². The molecule has 5 aromatic rings. The number of hydrogen-bond donors (Lipinski definition) is 0. The van der Waals surface area contributed by atoms with Crippen LogP contribution in [0.15, 0.2) is 152 Å². The lowest BCUT2D eigenvalue weighted by molar-refractivity contribution is -0.339. The average Bonchev–Trinajstić information content (AvgIpc) is 3.75. The molecule has 404 valence electrons. The summed E-state index contributed by atoms with van der Waals surface area (Å²) in [6.07, 6.45) is -1.47. The zero-order valence-electron chi connectivity index (χ0n) is 45.1. The molecule has 3 aliphatic rings. The average molecular weight is 1050 g/mol. The predicted octanol–water partition coefficient (Wildman–Crippen LogP) is 10.6. The SMILES string of the molecule is CCCCCCCCO[C@H]1O[C@H](CO[C@H]2O[C@H](CO[Si](c3ccccc3)(c3ccccc3)C(C)(C)C)[C@@H](OCc3ccccc3)[C@H](OCc3ccccc3)[C@H]2OCc2ccccc2)[C@@H]2OC(C)(C)O[C@@H]2[C@@H]1OC(C)=O. The summed E-state index contributed by atoms with van der Waals surface area (Å²) in [6.45, 7) is 15.4. The van der Waals surface area contributed by atoms with Gasteiger partial charge < -0.3 is 51.8 Å². The van der Waals surface area contributed by atoms with Crippen LogP contribution in [-0.2, 0) is 76.4 Å². The zero-order chi connectivity index (χ0) is 52.7. The van der Waals surface area contributed by atoms with Gasteiger partial charge in [-0.1, -0.05) is 211 Å². The number of esters is 1. The first kappa shape index (κ1) is 56.6. The van der Waals surface area contributed by atoms with Crippen LogP contribution in [0.25, 0.3) is 0 Å². The van der Waals surface area contributed by atoms with Gasteiger partial charge in [0.2, 0.25) is 0 Å². The highest BCUT2D eigenvalue weighted by molar-refractivity contribution is 6.99. The molecule has 10 atom stereocenters. The Hall–Kier alpha value is -4.61. The van der Waals surface area contributed by atoms with E-state index in [0.29, 0.717) is 6.61 Å². The highest BCUT2D eigenvalue weighted by atomic mass is 28.4. The molecule has 0 bridgehead atoms. The summed E-state index contributed by atoms with van der Waals surface area (Å²) < 4.78 is 75.7. The summed E-state index contributed by atoms with van der Waals surface area (Å²) in [6, 6.07) is 51.4. The van der Waals surface area contributed by atoms with Gasteiger partial charge >= 0.3 is 5.97 Å². The van der Waals surface area contributed by atoms with Crippen molar-refractivity contribution >= 4 is 24.7 Å². The zero-order valence-corrected chi connectivity index (χ0v) is 46.1. The van der Waals surface area contributed by atoms with E-state index in [-0.39, 0.29) is 38.1 Å². The predicted molar refractivity (Wildman–Crippen MR) is 291 cm³/mol. The smallest absolute Gasteiger partial charge is 0.303 e. The van der Waals surface area contributed by atoms with E-state index in [1.807, 2.05) is 105 Å². The van der Waals surface area contributed by atoms with Gasteiger partial charge in [-0.15, -0.1) is 0 Å². The van der Waals surface area contributed by atoms with Crippen LogP contribution in [0.1, 0.15) is 104 Å². The van der Waals surface area contributed by atoms with Gasteiger partial charge in [-0.05, 0) is 52.4 Å². The summed E-state index contributed by atoms with van der Waals surface area (Å²) in [4.78, 5) is 12.7. The van der Waals surface area contributed by atoms with E-state index in [0.717, 1.165) is 46.3 Å². The summed E-state index contributed by atoms with van der Waals surface area (Å²) in [7, 11) is -3.11. The fourth-order valence-corrected chi connectivity index (χ4v) is 15.2. The second-order valence-corrected chi connectivity index (χ2v) is 25.8. The number of carbonyl (C=O) groups is 1. The molecular weight excluding hydrogens is 965 g/mol. The third kappa shape index (κ3) is 14.9. The number of benzene rings is 5. The van der Waals surface area contributed by atoms with Crippen LogP contribution in [0.5, 0.6) is 0 Å². The molecule has 0 amide bonds. The first-order chi connectivity index (χ1) is 36.3. The fourth-order valence-electron chi connectivity index (χ4n) is 10.7. The number of ether oxygens (including phenoxy) is 10. The molecule has 13 heteroatoms. The van der Waals surface area contributed by atoms with Crippen molar-refractivity contribution in [2.45, 2.75) is 179 Å². The van der Waals surface area contributed by atoms with Gasteiger partial charge in [-0.2, -0.15) is 0 Å². The Labute approximate surface area is 446 Å². The molecule has 0 unspecified atom stereocenters. The van der Waals surface area contributed by atoms with Crippen LogP contribution < -0.4 is 10.4 Å². The summed E-state index contributed by atoms with van der Waals surface area (Å²) in [5.41, 5.74) is 2.95. The van der Waals surface area contributed by atoms with E-state index in [9.17, 15) is 4.79 Å². The Morgan fingerprint density at radius 1 is 0.520 bits per heavy atom. The monoisotopic (exact) mass is 1040 g/mol. The van der Waals surface area contributed by atoms with Crippen LogP contribution >= 0.6 is 0 Å². The molecule has 5 aromatic carbocycles. The largest absolute Gasteiger partial charge is 0.454 e. The van der Waals surface area contributed by atoms with Crippen LogP contribution in [0.3, 0.4) is 0 Å². The lowest BCUT2D eigenvalue weighted by Crippen LogP contribution is -2.68. The van der Waals surface area contributed by atoms with Gasteiger partial charge in [0.1, 0.15) is 42.7 Å². The van der Waals surface area contributed by atoms with Crippen molar-refractivity contribution < 1.29 is 56.6 Å². The van der Waals surface area contributed by atoms with Gasteiger partial charge in [0.25, 0.3) is 8.32 Å². The van der Waals surface area contributed by atoms with Gasteiger partial charge in [0.05, 0.1) is 33.0 Å². The third-order valence-electron chi connectivity index (χ3n) is 14.3. The van der Waals surface area contributed by atoms with Crippen molar-refractivity contribution in [1.82, 2.24) is 0 Å². The lowest BCUT2D eigenvalue weighted by Gasteiger charge is -2.48. The molecule has 0 radical (unpaired) electrons. The molecule has 12 nitrogen and oxygen atoms in total. The van der Waals surface area contributed by atoms with Crippen LogP contribution in [0, 0.1) is 0 Å². The number of unbranched alkanes of at least 4 members (excludes halogenated alkanes) is 5. The molecule has 0 N–H and O–H groups in total. The summed E-state index contributed by atoms with van der Waals surface area (Å²) >= 11 is 0. The second-order valence-electron chi connectivity index (χ2n) is 21.5. The Balaban J connectivity index is 1.16. The maximum atomic E-state index is 12.7. The van der Waals surface area contributed by atoms with Crippen molar-refractivity contribution in [3.05, 3.63) is 168 Å². The number of carbonyl (C=O) groups excluding carboxylic acids is 1. The molecule has 3 saturated heterocycles. The van der Waals surface area contributed by atoms with Gasteiger partial charge in [-0.3, -0.25) is 4.79 Å². The molecule has 3 aliphatic heterocycles. The number of fused-ring (bicyclic) bond motifs is 1. The van der Waals surface area contributed by atoms with Crippen molar-refractivity contribution in [2.75, 3.05) is 19.8 Å². The normalized spacial score (nSPS) is 25.6. The molecule has 3 heterocycles. The van der Waals surface area contributed by atoms with Crippen molar-refractivity contribution in [1.29, 1.82) is 0 Å². The summed E-state index contributed by atoms with van der Waals surface area (Å²) in [5, 5.41) is 1.96. The minimum Gasteiger partial charge on any atom is -0.454 e. The number of hydrogen-bond acceptors (Lipinski definition) is 12. The van der Waals surface area contributed by atoms with E-state index in [1.54, 1.807) is 0 Å². The maximum Gasteiger partial charge on any atom is 0.303 e. The van der Waals surface area contributed by atoms with Gasteiger partial charge in [0, 0.05) is 13.5 Å². The highest BCUT2D eigenvalue weighted by Gasteiger charge is 2.58. The first-order valence-corrected chi connectivity index (χ1v) is 29.0. The standard InChI is InChI=1S/C62H80O12Si/c1-8-9-10-11-12-28-39-64-60-58(70-45(2)63)56-54(73-62(6,7)74-56)51(71-60)43-68-59-57(67-42-48-33-22-15-23-34-48)55(66-41-47-31-20-14-21-32-47)53(65-40-46-29-18-13-19-30-46)52(72-59)44-69-75(61(3,4)5,49-35-24-16-25-36-49)50-37-26-17-27-38-50/h13-27,29-38,51-60H,8-12,28,39-44H2,1-7H3/t51-,52-,53-,54+,55+,56+,57-,58+,59+,60+/m1/s1. The molecule has 0 saturated carbocycles. The van der Waals surface area contributed by atoms with E-state index in [1.165, 1.54) is 26.2 Å². The third-order valence-corrected chi connectivity index (χ3v) is 19.3. The minimum absolute atomic E-state index is 0.0244. The Kier molecular flexibility index (Phi) is 20.5. The fraction of sp³-hybridized carbons (Fsp3) is 0.500. The van der Waals surface area contributed by atoms with E-state index in [4.69, 9.17) is 51.8 Å². The molecule has 75 heavy (non-hydrogen) atoms. The van der Waals surface area contributed by atoms with Crippen LogP contribution in [0.2, 0.25) is 5.04 Å². The Bertz CT molecular complexity index is 2390. The Morgan fingerprint density at radius 3 is 1.49 bits per heavy atom. The molecule has 0 aromatic heterocycles. The maximum absolute atomic E-state index is 12.7. The second kappa shape index (κ2) is 27.1. The quantitative estimate of drug-likeness (QED) is 0.0298. The first-order valence-electron chi connectivity index (χ1n) is 27.1. The topological polar surface area (TPSA) is 119 Å². The van der Waals surface area contributed by atoms with Gasteiger partial charge in [-0.25, -0.2) is 0 Å². The highest BCUT2D eigenvalue weighted by Crippen LogP contribution is 2.41. The molecule has 0 spiro atoms.